The van der Waals surface area contributed by atoms with Gasteiger partial charge in [0.25, 0.3) is 0 Å². The van der Waals surface area contributed by atoms with Crippen molar-refractivity contribution in [2.24, 2.45) is 0 Å². The number of esters is 1. The van der Waals surface area contributed by atoms with E-state index >= 15 is 0 Å². The van der Waals surface area contributed by atoms with Crippen molar-refractivity contribution in [3.05, 3.63) is 0 Å². The molecule has 2 unspecified atom stereocenters. The highest BCUT2D eigenvalue weighted by Crippen LogP contribution is 2.26. The van der Waals surface area contributed by atoms with Gasteiger partial charge < -0.3 is 14.5 Å². The summed E-state index contributed by atoms with van der Waals surface area (Å²) in [6.45, 7) is 8.23. The topological polar surface area (TPSA) is 53.1 Å². The molecule has 0 spiro atoms. The van der Waals surface area contributed by atoms with Gasteiger partial charge in [0, 0.05) is 45.2 Å². The summed E-state index contributed by atoms with van der Waals surface area (Å²) >= 11 is 0. The lowest BCUT2D eigenvalue weighted by Gasteiger charge is -2.38. The van der Waals surface area contributed by atoms with Gasteiger partial charge in [0.2, 0.25) is 0 Å². The Bertz CT molecular complexity index is 420. The fourth-order valence-electron chi connectivity index (χ4n) is 3.78. The maximum Gasteiger partial charge on any atom is 0.323 e. The minimum atomic E-state index is -0.0737. The van der Waals surface area contributed by atoms with E-state index in [-0.39, 0.29) is 24.1 Å². The molecule has 3 saturated heterocycles. The summed E-state index contributed by atoms with van der Waals surface area (Å²) in [7, 11) is 0. The number of urea groups is 1. The third kappa shape index (κ3) is 2.73. The molecule has 3 rings (SSSR count). The molecule has 0 aliphatic carbocycles. The van der Waals surface area contributed by atoms with Gasteiger partial charge in [-0.05, 0) is 26.7 Å². The van der Waals surface area contributed by atoms with Crippen molar-refractivity contribution >= 4 is 12.0 Å². The average molecular weight is 295 g/mol. The predicted molar refractivity (Wildman–Crippen MR) is 77.9 cm³/mol. The van der Waals surface area contributed by atoms with Gasteiger partial charge >= 0.3 is 12.0 Å². The quantitative estimate of drug-likeness (QED) is 0.726. The molecule has 6 heteroatoms. The minimum absolute atomic E-state index is 0.0403. The van der Waals surface area contributed by atoms with E-state index in [1.54, 1.807) is 0 Å². The van der Waals surface area contributed by atoms with Crippen LogP contribution in [0.3, 0.4) is 0 Å². The highest BCUT2D eigenvalue weighted by Gasteiger charge is 2.40. The van der Waals surface area contributed by atoms with Gasteiger partial charge in [-0.25, -0.2) is 4.79 Å². The van der Waals surface area contributed by atoms with Crippen molar-refractivity contribution in [2.45, 2.75) is 51.3 Å². The molecule has 3 heterocycles. The van der Waals surface area contributed by atoms with Crippen LogP contribution in [0.15, 0.2) is 0 Å². The number of amides is 2. The van der Waals surface area contributed by atoms with Crippen LogP contribution in [0, 0.1) is 0 Å². The molecule has 118 valence electrons. The number of hydrogen-bond acceptors (Lipinski definition) is 4. The Labute approximate surface area is 126 Å². The summed E-state index contributed by atoms with van der Waals surface area (Å²) < 4.78 is 5.25. The molecule has 6 nitrogen and oxygen atoms in total. The molecule has 2 amide bonds. The third-order valence-electron chi connectivity index (χ3n) is 5.03. The SMILES string of the molecule is CCN1CCN(C2CCN(C3CC(C)OC3=O)CC2)C1=O. The van der Waals surface area contributed by atoms with Gasteiger partial charge in [0.1, 0.15) is 12.1 Å². The summed E-state index contributed by atoms with van der Waals surface area (Å²) in [6.07, 6.45) is 2.76. The molecule has 0 aromatic carbocycles. The van der Waals surface area contributed by atoms with Gasteiger partial charge in [-0.3, -0.25) is 9.69 Å². The molecule has 3 aliphatic rings. The number of cyclic esters (lactones) is 1. The summed E-state index contributed by atoms with van der Waals surface area (Å²) in [5.74, 6) is -0.0737. The van der Waals surface area contributed by atoms with Gasteiger partial charge in [-0.2, -0.15) is 0 Å². The van der Waals surface area contributed by atoms with Crippen LogP contribution in [-0.4, -0.2) is 77.6 Å². The zero-order chi connectivity index (χ0) is 15.0. The first-order chi connectivity index (χ1) is 10.1. The summed E-state index contributed by atoms with van der Waals surface area (Å²) in [4.78, 5) is 30.2. The number of likely N-dealkylation sites (tertiary alicyclic amines) is 1. The molecule has 0 radical (unpaired) electrons. The number of rotatable bonds is 3. The van der Waals surface area contributed by atoms with Gasteiger partial charge in [-0.15, -0.1) is 0 Å². The second kappa shape index (κ2) is 5.83. The zero-order valence-electron chi connectivity index (χ0n) is 13.0. The number of ether oxygens (including phenoxy) is 1. The minimum Gasteiger partial charge on any atom is -0.461 e. The van der Waals surface area contributed by atoms with Gasteiger partial charge in [-0.1, -0.05) is 0 Å². The van der Waals surface area contributed by atoms with E-state index in [2.05, 4.69) is 4.90 Å². The number of hydrogen-bond donors (Lipinski definition) is 0. The molecule has 21 heavy (non-hydrogen) atoms. The Morgan fingerprint density at radius 3 is 2.38 bits per heavy atom. The third-order valence-corrected chi connectivity index (χ3v) is 5.03. The number of likely N-dealkylation sites (N-methyl/N-ethyl adjacent to an activating group) is 1. The Kier molecular flexibility index (Phi) is 4.06. The van der Waals surface area contributed by atoms with E-state index in [4.69, 9.17) is 4.74 Å². The summed E-state index contributed by atoms with van der Waals surface area (Å²) in [6, 6.07) is 0.451. The van der Waals surface area contributed by atoms with E-state index in [0.29, 0.717) is 6.04 Å². The average Bonchev–Trinajstić information content (AvgIpc) is 3.01. The highest BCUT2D eigenvalue weighted by atomic mass is 16.6. The molecular formula is C15H25N3O3. The smallest absolute Gasteiger partial charge is 0.323 e. The molecule has 0 saturated carbocycles. The second-order valence-corrected chi connectivity index (χ2v) is 6.32. The van der Waals surface area contributed by atoms with Crippen LogP contribution < -0.4 is 0 Å². The first-order valence-electron chi connectivity index (χ1n) is 8.10. The monoisotopic (exact) mass is 295 g/mol. The van der Waals surface area contributed by atoms with Crippen LogP contribution in [-0.2, 0) is 9.53 Å². The Morgan fingerprint density at radius 2 is 1.86 bits per heavy atom. The van der Waals surface area contributed by atoms with E-state index in [1.165, 1.54) is 0 Å². The number of nitrogens with zero attached hydrogens (tertiary/aromatic N) is 3. The standard InChI is InChI=1S/C15H25N3O3/c1-3-16-8-9-18(15(16)20)12-4-6-17(7-5-12)13-10-11(2)21-14(13)19/h11-13H,3-10H2,1-2H3. The van der Waals surface area contributed by atoms with E-state index in [0.717, 1.165) is 52.0 Å². The number of carbonyl (C=O) groups is 2. The Balaban J connectivity index is 1.54. The molecule has 2 atom stereocenters. The maximum atomic E-state index is 12.2. The van der Waals surface area contributed by atoms with Crippen LogP contribution in [0.5, 0.6) is 0 Å². The number of piperidine rings is 1. The fourth-order valence-corrected chi connectivity index (χ4v) is 3.78. The lowest BCUT2D eigenvalue weighted by molar-refractivity contribution is -0.145. The van der Waals surface area contributed by atoms with Gasteiger partial charge in [0.15, 0.2) is 0 Å². The largest absolute Gasteiger partial charge is 0.461 e. The number of carbonyl (C=O) groups excluding carboxylic acids is 2. The normalized spacial score (nSPS) is 32.1. The van der Waals surface area contributed by atoms with E-state index < -0.39 is 0 Å². The van der Waals surface area contributed by atoms with E-state index in [1.807, 2.05) is 23.6 Å². The van der Waals surface area contributed by atoms with Crippen LogP contribution in [0.25, 0.3) is 0 Å². The molecule has 0 aromatic heterocycles. The van der Waals surface area contributed by atoms with Crippen LogP contribution >= 0.6 is 0 Å². The molecule has 3 fully saturated rings. The molecule has 0 bridgehead atoms. The van der Waals surface area contributed by atoms with Crippen molar-refractivity contribution in [2.75, 3.05) is 32.7 Å². The summed E-state index contributed by atoms with van der Waals surface area (Å²) in [5, 5.41) is 0. The first-order valence-corrected chi connectivity index (χ1v) is 8.10. The lowest BCUT2D eigenvalue weighted by Crippen LogP contribution is -2.50. The second-order valence-electron chi connectivity index (χ2n) is 6.32. The lowest BCUT2D eigenvalue weighted by atomic mass is 10.0. The Morgan fingerprint density at radius 1 is 1.14 bits per heavy atom. The molecule has 3 aliphatic heterocycles. The van der Waals surface area contributed by atoms with Crippen molar-refractivity contribution in [1.82, 2.24) is 14.7 Å². The maximum absolute atomic E-state index is 12.2. The van der Waals surface area contributed by atoms with Gasteiger partial charge in [0.05, 0.1) is 0 Å². The highest BCUT2D eigenvalue weighted by molar-refractivity contribution is 5.78. The van der Waals surface area contributed by atoms with Crippen molar-refractivity contribution in [3.63, 3.8) is 0 Å². The van der Waals surface area contributed by atoms with Crippen LogP contribution in [0.1, 0.15) is 33.1 Å². The fraction of sp³-hybridized carbons (Fsp3) is 0.867. The zero-order valence-corrected chi connectivity index (χ0v) is 13.0. The van der Waals surface area contributed by atoms with Crippen LogP contribution in [0.4, 0.5) is 4.79 Å². The predicted octanol–water partition coefficient (Wildman–Crippen LogP) is 0.912. The molecular weight excluding hydrogens is 270 g/mol. The molecule has 0 aromatic rings. The Hall–Kier alpha value is -1.30. The first kappa shape index (κ1) is 14.6. The van der Waals surface area contributed by atoms with Crippen LogP contribution in [0.2, 0.25) is 0 Å². The van der Waals surface area contributed by atoms with Crippen molar-refractivity contribution in [1.29, 1.82) is 0 Å². The molecule has 0 N–H and O–H groups in total. The van der Waals surface area contributed by atoms with Crippen molar-refractivity contribution in [3.8, 4) is 0 Å². The summed E-state index contributed by atoms with van der Waals surface area (Å²) in [5.41, 5.74) is 0. The van der Waals surface area contributed by atoms with E-state index in [9.17, 15) is 9.59 Å². The van der Waals surface area contributed by atoms with Crippen molar-refractivity contribution < 1.29 is 14.3 Å².